The zero-order valence-electron chi connectivity index (χ0n) is 19.6. The van der Waals surface area contributed by atoms with Gasteiger partial charge in [0.05, 0.1) is 11.2 Å². The van der Waals surface area contributed by atoms with E-state index in [9.17, 15) is 0 Å². The molecule has 0 saturated carbocycles. The van der Waals surface area contributed by atoms with Gasteiger partial charge in [0.25, 0.3) is 0 Å². The average Bonchev–Trinajstić information content (AvgIpc) is 3.15. The van der Waals surface area contributed by atoms with Crippen molar-refractivity contribution in [1.29, 1.82) is 0 Å². The Labute approximate surface area is 195 Å². The number of fused-ring (bicyclic) bond motifs is 2. The number of allylic oxidation sites excluding steroid dienone is 1. The van der Waals surface area contributed by atoms with E-state index >= 15 is 0 Å². The number of aromatic nitrogens is 1. The van der Waals surface area contributed by atoms with Crippen LogP contribution in [-0.4, -0.2) is 4.57 Å². The lowest BCUT2D eigenvalue weighted by Gasteiger charge is -2.17. The van der Waals surface area contributed by atoms with E-state index in [2.05, 4.69) is 123 Å². The van der Waals surface area contributed by atoms with Gasteiger partial charge in [-0.25, -0.2) is 0 Å². The lowest BCUT2D eigenvalue weighted by Crippen LogP contribution is -2.28. The Morgan fingerprint density at radius 3 is 2.33 bits per heavy atom. The molecule has 0 unspecified atom stereocenters. The topological polar surface area (TPSA) is 4.93 Å². The van der Waals surface area contributed by atoms with Crippen LogP contribution in [0.2, 0.25) is 0 Å². The summed E-state index contributed by atoms with van der Waals surface area (Å²) in [5.74, 6) is 0. The van der Waals surface area contributed by atoms with Crippen LogP contribution in [0, 0.1) is 6.92 Å². The highest BCUT2D eigenvalue weighted by atomic mass is 15.0. The molecule has 1 nitrogen and oxygen atoms in total. The minimum atomic E-state index is 0.984. The van der Waals surface area contributed by atoms with Crippen LogP contribution in [0.1, 0.15) is 25.0 Å². The van der Waals surface area contributed by atoms with Crippen LogP contribution in [0.25, 0.3) is 44.7 Å². The van der Waals surface area contributed by atoms with Crippen LogP contribution < -0.4 is 10.4 Å². The lowest BCUT2D eigenvalue weighted by molar-refractivity contribution is 1.10. The zero-order chi connectivity index (χ0) is 22.9. The molecule has 0 amide bonds. The number of benzene rings is 4. The zero-order valence-corrected chi connectivity index (χ0v) is 19.6. The second kappa shape index (κ2) is 8.60. The van der Waals surface area contributed by atoms with Gasteiger partial charge in [0.1, 0.15) is 0 Å². The van der Waals surface area contributed by atoms with E-state index in [-0.39, 0.29) is 0 Å². The SMILES string of the molecule is C=C/C=c1/cccc/c1=C(/C)n1c(-c2ccc3ccccc3c2CC)c(C)c2ccccc21. The third-order valence-corrected chi connectivity index (χ3v) is 6.76. The fourth-order valence-corrected chi connectivity index (χ4v) is 5.23. The summed E-state index contributed by atoms with van der Waals surface area (Å²) < 4.78 is 2.46. The molecule has 1 heteroatoms. The Balaban J connectivity index is 1.97. The molecule has 0 aliphatic heterocycles. The first-order chi connectivity index (χ1) is 16.2. The Morgan fingerprint density at radius 2 is 1.55 bits per heavy atom. The van der Waals surface area contributed by atoms with E-state index in [1.54, 1.807) is 0 Å². The number of rotatable bonds is 4. The molecule has 5 rings (SSSR count). The van der Waals surface area contributed by atoms with Gasteiger partial charge in [0.15, 0.2) is 0 Å². The van der Waals surface area contributed by atoms with E-state index in [4.69, 9.17) is 0 Å². The van der Waals surface area contributed by atoms with Gasteiger partial charge in [-0.1, -0.05) is 105 Å². The van der Waals surface area contributed by atoms with Crippen LogP contribution in [-0.2, 0) is 6.42 Å². The maximum atomic E-state index is 3.93. The molecule has 0 spiro atoms. The van der Waals surface area contributed by atoms with E-state index in [0.29, 0.717) is 0 Å². The Kier molecular flexibility index (Phi) is 5.48. The molecule has 0 aliphatic carbocycles. The number of aryl methyl sites for hydroxylation is 2. The van der Waals surface area contributed by atoms with E-state index in [0.717, 1.165) is 6.42 Å². The predicted octanol–water partition coefficient (Wildman–Crippen LogP) is 6.98. The molecule has 4 aromatic carbocycles. The maximum Gasteiger partial charge on any atom is 0.0570 e. The first-order valence-electron chi connectivity index (χ1n) is 11.7. The predicted molar refractivity (Wildman–Crippen MR) is 144 cm³/mol. The third-order valence-electron chi connectivity index (χ3n) is 6.76. The molecule has 0 saturated heterocycles. The van der Waals surface area contributed by atoms with Crippen LogP contribution in [0.15, 0.2) is 97.6 Å². The van der Waals surface area contributed by atoms with Crippen molar-refractivity contribution in [2.75, 3.05) is 0 Å². The molecule has 0 fully saturated rings. The molecule has 162 valence electrons. The lowest BCUT2D eigenvalue weighted by atomic mass is 9.93. The molecule has 0 radical (unpaired) electrons. The summed E-state index contributed by atoms with van der Waals surface area (Å²) in [7, 11) is 0. The number of hydrogen-bond acceptors (Lipinski definition) is 0. The van der Waals surface area contributed by atoms with Crippen molar-refractivity contribution in [2.45, 2.75) is 27.2 Å². The van der Waals surface area contributed by atoms with Gasteiger partial charge in [0.2, 0.25) is 0 Å². The molecule has 1 aromatic heterocycles. The fraction of sp³-hybridized carbons (Fsp3) is 0.125. The molecular formula is C32H29N. The summed E-state index contributed by atoms with van der Waals surface area (Å²) in [6.07, 6.45) is 4.94. The van der Waals surface area contributed by atoms with Crippen LogP contribution in [0.5, 0.6) is 0 Å². The van der Waals surface area contributed by atoms with Crippen LogP contribution >= 0.6 is 0 Å². The van der Waals surface area contributed by atoms with Gasteiger partial charge >= 0.3 is 0 Å². The molecule has 5 aromatic rings. The van der Waals surface area contributed by atoms with Gasteiger partial charge in [-0.3, -0.25) is 0 Å². The second-order valence-corrected chi connectivity index (χ2v) is 8.57. The first-order valence-corrected chi connectivity index (χ1v) is 11.7. The molecule has 0 aliphatic rings. The molecule has 0 N–H and O–H groups in total. The minimum absolute atomic E-state index is 0.984. The Morgan fingerprint density at radius 1 is 0.848 bits per heavy atom. The minimum Gasteiger partial charge on any atom is -0.312 e. The number of hydrogen-bond donors (Lipinski definition) is 0. The van der Waals surface area contributed by atoms with Gasteiger partial charge < -0.3 is 4.57 Å². The van der Waals surface area contributed by atoms with E-state index in [1.807, 2.05) is 6.08 Å². The van der Waals surface area contributed by atoms with Gasteiger partial charge in [0, 0.05) is 21.9 Å². The first kappa shape index (κ1) is 21.0. The average molecular weight is 428 g/mol. The summed E-state index contributed by atoms with van der Waals surface area (Å²) in [6, 6.07) is 30.6. The van der Waals surface area contributed by atoms with Crippen molar-refractivity contribution in [3.8, 4) is 11.3 Å². The summed E-state index contributed by atoms with van der Waals surface area (Å²) in [5.41, 5.74) is 7.78. The molecule has 33 heavy (non-hydrogen) atoms. The Hall–Kier alpha value is -3.84. The molecular weight excluding hydrogens is 398 g/mol. The van der Waals surface area contributed by atoms with Gasteiger partial charge in [-0.15, -0.1) is 0 Å². The number of para-hydroxylation sites is 1. The summed E-state index contributed by atoms with van der Waals surface area (Å²) >= 11 is 0. The highest BCUT2D eigenvalue weighted by Gasteiger charge is 2.20. The summed E-state index contributed by atoms with van der Waals surface area (Å²) in [6.45, 7) is 10.7. The summed E-state index contributed by atoms with van der Waals surface area (Å²) in [4.78, 5) is 0. The van der Waals surface area contributed by atoms with Crippen molar-refractivity contribution in [2.24, 2.45) is 0 Å². The third kappa shape index (κ3) is 3.41. The molecule has 0 atom stereocenters. The smallest absolute Gasteiger partial charge is 0.0570 e. The van der Waals surface area contributed by atoms with Crippen molar-refractivity contribution in [1.82, 2.24) is 4.57 Å². The molecule has 0 bridgehead atoms. The van der Waals surface area contributed by atoms with Crippen molar-refractivity contribution in [3.63, 3.8) is 0 Å². The van der Waals surface area contributed by atoms with Crippen LogP contribution in [0.4, 0.5) is 0 Å². The Bertz CT molecular complexity index is 1630. The monoisotopic (exact) mass is 427 g/mol. The van der Waals surface area contributed by atoms with Crippen molar-refractivity contribution < 1.29 is 0 Å². The quantitative estimate of drug-likeness (QED) is 0.292. The largest absolute Gasteiger partial charge is 0.312 e. The normalized spacial score (nSPS) is 13.0. The summed E-state index contributed by atoms with van der Waals surface area (Å²) in [5, 5.41) is 6.34. The van der Waals surface area contributed by atoms with Crippen molar-refractivity contribution in [3.05, 3.63) is 119 Å². The van der Waals surface area contributed by atoms with E-state index < -0.39 is 0 Å². The molecule has 1 heterocycles. The van der Waals surface area contributed by atoms with Gasteiger partial charge in [-0.05, 0) is 53.5 Å². The number of nitrogens with zero attached hydrogens (tertiary/aromatic N) is 1. The van der Waals surface area contributed by atoms with Crippen molar-refractivity contribution >= 4 is 33.4 Å². The second-order valence-electron chi connectivity index (χ2n) is 8.57. The fourth-order valence-electron chi connectivity index (χ4n) is 5.23. The van der Waals surface area contributed by atoms with E-state index in [1.165, 1.54) is 60.2 Å². The van der Waals surface area contributed by atoms with Crippen LogP contribution in [0.3, 0.4) is 0 Å². The van der Waals surface area contributed by atoms with Gasteiger partial charge in [-0.2, -0.15) is 0 Å². The highest BCUT2D eigenvalue weighted by Crippen LogP contribution is 2.39. The standard InChI is InChI=1S/C32H29N/c1-5-13-24-14-7-9-17-28(24)23(4)33-31-19-12-11-16-27(31)22(3)32(33)30-21-20-25-15-8-10-18-29(25)26(30)6-2/h5,7-21H,1,6H2,2-4H3/b24-13-,28-23+. The maximum absolute atomic E-state index is 3.93. The highest BCUT2D eigenvalue weighted by molar-refractivity contribution is 5.98.